The van der Waals surface area contributed by atoms with Crippen LogP contribution in [0.3, 0.4) is 0 Å². The van der Waals surface area contributed by atoms with Crippen molar-refractivity contribution in [3.8, 4) is 0 Å². The van der Waals surface area contributed by atoms with Gasteiger partial charge in [0.1, 0.15) is 0 Å². The first kappa shape index (κ1) is 12.3. The molecule has 2 aromatic rings. The maximum atomic E-state index is 5.70. The highest BCUT2D eigenvalue weighted by Gasteiger charge is 2.07. The molecular formula is C14H18N4. The number of nitrogen functional groups attached to an aromatic ring is 2. The SMILES string of the molecule is NCCN(c1ccc(N)cc1)c1ccc(N)cc1. The van der Waals surface area contributed by atoms with Crippen molar-refractivity contribution in [3.05, 3.63) is 48.5 Å². The zero-order valence-electron chi connectivity index (χ0n) is 10.2. The van der Waals surface area contributed by atoms with Crippen LogP contribution < -0.4 is 22.1 Å². The molecule has 0 saturated heterocycles. The highest BCUT2D eigenvalue weighted by atomic mass is 15.1. The second kappa shape index (κ2) is 5.42. The quantitative estimate of drug-likeness (QED) is 0.716. The Labute approximate surface area is 107 Å². The average Bonchev–Trinajstić information content (AvgIpc) is 2.39. The van der Waals surface area contributed by atoms with E-state index in [1.807, 2.05) is 48.5 Å². The first-order valence-electron chi connectivity index (χ1n) is 5.89. The molecule has 0 aromatic heterocycles. The van der Waals surface area contributed by atoms with E-state index in [2.05, 4.69) is 4.90 Å². The fourth-order valence-corrected chi connectivity index (χ4v) is 1.84. The predicted molar refractivity (Wildman–Crippen MR) is 77.8 cm³/mol. The van der Waals surface area contributed by atoms with Gasteiger partial charge in [-0.3, -0.25) is 0 Å². The number of hydrogen-bond donors (Lipinski definition) is 3. The van der Waals surface area contributed by atoms with Crippen LogP contribution in [0.5, 0.6) is 0 Å². The minimum absolute atomic E-state index is 0.578. The van der Waals surface area contributed by atoms with Gasteiger partial charge in [0.05, 0.1) is 0 Å². The van der Waals surface area contributed by atoms with Gasteiger partial charge < -0.3 is 22.1 Å². The summed E-state index contributed by atoms with van der Waals surface area (Å²) in [5.74, 6) is 0. The second-order valence-corrected chi connectivity index (χ2v) is 4.12. The Morgan fingerprint density at radius 2 is 1.11 bits per heavy atom. The first-order valence-corrected chi connectivity index (χ1v) is 5.89. The minimum Gasteiger partial charge on any atom is -0.399 e. The molecule has 94 valence electrons. The van der Waals surface area contributed by atoms with E-state index in [-0.39, 0.29) is 0 Å². The van der Waals surface area contributed by atoms with Crippen molar-refractivity contribution in [1.82, 2.24) is 0 Å². The average molecular weight is 242 g/mol. The lowest BCUT2D eigenvalue weighted by Gasteiger charge is -2.24. The van der Waals surface area contributed by atoms with Crippen LogP contribution in [0, 0.1) is 0 Å². The Morgan fingerprint density at radius 1 is 0.722 bits per heavy atom. The summed E-state index contributed by atoms with van der Waals surface area (Å²) < 4.78 is 0. The molecule has 4 heteroatoms. The van der Waals surface area contributed by atoms with Crippen LogP contribution in [0.25, 0.3) is 0 Å². The van der Waals surface area contributed by atoms with Crippen LogP contribution in [0.15, 0.2) is 48.5 Å². The number of benzene rings is 2. The van der Waals surface area contributed by atoms with E-state index < -0.39 is 0 Å². The van der Waals surface area contributed by atoms with E-state index in [1.54, 1.807) is 0 Å². The van der Waals surface area contributed by atoms with Crippen LogP contribution in [0.2, 0.25) is 0 Å². The third-order valence-electron chi connectivity index (χ3n) is 2.76. The third kappa shape index (κ3) is 2.73. The van der Waals surface area contributed by atoms with Crippen molar-refractivity contribution in [3.63, 3.8) is 0 Å². The predicted octanol–water partition coefficient (Wildman–Crippen LogP) is 1.95. The van der Waals surface area contributed by atoms with Gasteiger partial charge >= 0.3 is 0 Å². The van der Waals surface area contributed by atoms with Crippen molar-refractivity contribution in [2.24, 2.45) is 5.73 Å². The summed E-state index contributed by atoms with van der Waals surface area (Å²) in [6, 6.07) is 15.5. The summed E-state index contributed by atoms with van der Waals surface area (Å²) in [7, 11) is 0. The maximum Gasteiger partial charge on any atom is 0.0412 e. The van der Waals surface area contributed by atoms with Crippen molar-refractivity contribution in [1.29, 1.82) is 0 Å². The molecule has 0 saturated carbocycles. The first-order chi connectivity index (χ1) is 8.70. The topological polar surface area (TPSA) is 81.3 Å². The lowest BCUT2D eigenvalue weighted by Crippen LogP contribution is -2.24. The van der Waals surface area contributed by atoms with Gasteiger partial charge in [-0.1, -0.05) is 0 Å². The summed E-state index contributed by atoms with van der Waals surface area (Å²) in [5.41, 5.74) is 20.7. The van der Waals surface area contributed by atoms with E-state index in [0.29, 0.717) is 6.54 Å². The summed E-state index contributed by atoms with van der Waals surface area (Å²) in [6.45, 7) is 1.32. The normalized spacial score (nSPS) is 10.3. The van der Waals surface area contributed by atoms with Crippen LogP contribution in [-0.2, 0) is 0 Å². The number of hydrogen-bond acceptors (Lipinski definition) is 4. The van der Waals surface area contributed by atoms with Crippen LogP contribution >= 0.6 is 0 Å². The lowest BCUT2D eigenvalue weighted by molar-refractivity contribution is 0.923. The Bertz CT molecular complexity index is 445. The van der Waals surface area contributed by atoms with Gasteiger partial charge in [-0.05, 0) is 48.5 Å². The molecule has 4 nitrogen and oxygen atoms in total. The molecule has 18 heavy (non-hydrogen) atoms. The molecule has 2 rings (SSSR count). The number of anilines is 4. The van der Waals surface area contributed by atoms with Gasteiger partial charge in [0, 0.05) is 35.8 Å². The Balaban J connectivity index is 2.33. The minimum atomic E-state index is 0.578. The van der Waals surface area contributed by atoms with E-state index in [9.17, 15) is 0 Å². The highest BCUT2D eigenvalue weighted by molar-refractivity contribution is 5.66. The fourth-order valence-electron chi connectivity index (χ4n) is 1.84. The number of nitrogens with zero attached hydrogens (tertiary/aromatic N) is 1. The largest absolute Gasteiger partial charge is 0.399 e. The van der Waals surface area contributed by atoms with Crippen molar-refractivity contribution in [2.45, 2.75) is 0 Å². The van der Waals surface area contributed by atoms with Crippen molar-refractivity contribution >= 4 is 22.7 Å². The monoisotopic (exact) mass is 242 g/mol. The van der Waals surface area contributed by atoms with Gasteiger partial charge in [-0.15, -0.1) is 0 Å². The van der Waals surface area contributed by atoms with E-state index >= 15 is 0 Å². The standard InChI is InChI=1S/C14H18N4/c15-9-10-18(13-5-1-11(16)2-6-13)14-7-3-12(17)4-8-14/h1-8H,9-10,15-17H2. The molecule has 0 fully saturated rings. The van der Waals surface area contributed by atoms with E-state index in [1.165, 1.54) is 0 Å². The van der Waals surface area contributed by atoms with Crippen LogP contribution in [0.1, 0.15) is 0 Å². The number of nitrogens with two attached hydrogens (primary N) is 3. The van der Waals surface area contributed by atoms with Gasteiger partial charge in [-0.2, -0.15) is 0 Å². The van der Waals surface area contributed by atoms with Gasteiger partial charge in [-0.25, -0.2) is 0 Å². The van der Waals surface area contributed by atoms with Crippen molar-refractivity contribution in [2.75, 3.05) is 29.5 Å². The summed E-state index contributed by atoms with van der Waals surface area (Å²) in [4.78, 5) is 2.14. The fraction of sp³-hybridized carbons (Fsp3) is 0.143. The zero-order chi connectivity index (χ0) is 13.0. The molecule has 0 spiro atoms. The zero-order valence-corrected chi connectivity index (χ0v) is 10.2. The summed E-state index contributed by atoms with van der Waals surface area (Å²) >= 11 is 0. The molecule has 0 aliphatic rings. The third-order valence-corrected chi connectivity index (χ3v) is 2.76. The summed E-state index contributed by atoms with van der Waals surface area (Å²) in [5, 5.41) is 0. The molecule has 0 aliphatic carbocycles. The molecule has 0 bridgehead atoms. The number of rotatable bonds is 4. The molecule has 6 N–H and O–H groups in total. The molecule has 0 radical (unpaired) electrons. The molecule has 0 aliphatic heterocycles. The molecule has 0 amide bonds. The maximum absolute atomic E-state index is 5.70. The van der Waals surface area contributed by atoms with Gasteiger partial charge in [0.2, 0.25) is 0 Å². The second-order valence-electron chi connectivity index (χ2n) is 4.12. The Morgan fingerprint density at radius 3 is 1.44 bits per heavy atom. The Kier molecular flexibility index (Phi) is 3.69. The Hall–Kier alpha value is -2.20. The van der Waals surface area contributed by atoms with Crippen LogP contribution in [0.4, 0.5) is 22.7 Å². The van der Waals surface area contributed by atoms with E-state index in [4.69, 9.17) is 17.2 Å². The summed E-state index contributed by atoms with van der Waals surface area (Å²) in [6.07, 6.45) is 0. The van der Waals surface area contributed by atoms with Gasteiger partial charge in [0.25, 0.3) is 0 Å². The molecule has 0 atom stereocenters. The van der Waals surface area contributed by atoms with Crippen LogP contribution in [-0.4, -0.2) is 13.1 Å². The molecule has 0 heterocycles. The molecule has 0 unspecified atom stereocenters. The van der Waals surface area contributed by atoms with Gasteiger partial charge in [0.15, 0.2) is 0 Å². The lowest BCUT2D eigenvalue weighted by atomic mass is 10.2. The van der Waals surface area contributed by atoms with E-state index in [0.717, 1.165) is 29.3 Å². The smallest absolute Gasteiger partial charge is 0.0412 e. The molecule has 2 aromatic carbocycles. The highest BCUT2D eigenvalue weighted by Crippen LogP contribution is 2.26. The molecular weight excluding hydrogens is 224 g/mol. The van der Waals surface area contributed by atoms with Crippen molar-refractivity contribution < 1.29 is 0 Å².